The third-order valence-corrected chi connectivity index (χ3v) is 3.84. The minimum absolute atomic E-state index is 0.0834. The van der Waals surface area contributed by atoms with E-state index in [-0.39, 0.29) is 37.1 Å². The second-order valence-electron chi connectivity index (χ2n) is 5.26. The maximum atomic E-state index is 12.2. The van der Waals surface area contributed by atoms with E-state index < -0.39 is 45.4 Å². The van der Waals surface area contributed by atoms with Crippen LogP contribution in [0.5, 0.6) is 0 Å². The molecular weight excluding hydrogens is 407 g/mol. The Labute approximate surface area is 163 Å². The number of hydrogen-bond donors (Lipinski definition) is 3. The van der Waals surface area contributed by atoms with Gasteiger partial charge in [0.1, 0.15) is 11.3 Å². The Hall–Kier alpha value is -2.21. The van der Waals surface area contributed by atoms with Crippen LogP contribution in [0, 0.1) is 20.2 Å². The molecule has 0 radical (unpaired) electrons. The molecule has 1 amide bonds. The van der Waals surface area contributed by atoms with Gasteiger partial charge < -0.3 is 20.4 Å². The lowest BCUT2D eigenvalue weighted by atomic mass is 10.1. The van der Waals surface area contributed by atoms with E-state index in [0.29, 0.717) is 0 Å². The Bertz CT molecular complexity index is 698. The Morgan fingerprint density at radius 1 is 1.15 bits per heavy atom. The molecule has 150 valence electrons. The fraction of sp³-hybridized carbons (Fsp3) is 0.500. The third-order valence-electron chi connectivity index (χ3n) is 3.50. The molecule has 0 aliphatic rings. The highest BCUT2D eigenvalue weighted by molar-refractivity contribution is 6.18. The summed E-state index contributed by atoms with van der Waals surface area (Å²) in [5, 5.41) is 43.2. The first-order chi connectivity index (χ1) is 12.8. The van der Waals surface area contributed by atoms with Crippen LogP contribution in [0.2, 0.25) is 0 Å². The lowest BCUT2D eigenvalue weighted by Crippen LogP contribution is -2.34. The third kappa shape index (κ3) is 5.89. The average Bonchev–Trinajstić information content (AvgIpc) is 2.64. The van der Waals surface area contributed by atoms with E-state index in [9.17, 15) is 30.1 Å². The van der Waals surface area contributed by atoms with Gasteiger partial charge in [-0.15, -0.1) is 23.2 Å². The minimum atomic E-state index is -1.27. The SMILES string of the molecule is O=C(NCC(O)CO)c1ccc(N(CCCl)CCCl)c([N+](=O)[O-])c1[N+](=O)[O-]. The van der Waals surface area contributed by atoms with Crippen molar-refractivity contribution in [1.82, 2.24) is 5.32 Å². The highest BCUT2D eigenvalue weighted by Gasteiger charge is 2.36. The number of nitro benzene ring substituents is 2. The number of amides is 1. The van der Waals surface area contributed by atoms with Crippen LogP contribution >= 0.6 is 23.2 Å². The van der Waals surface area contributed by atoms with Crippen molar-refractivity contribution < 1.29 is 24.9 Å². The van der Waals surface area contributed by atoms with Gasteiger partial charge in [-0.1, -0.05) is 0 Å². The number of nitrogens with zero attached hydrogens (tertiary/aromatic N) is 3. The van der Waals surface area contributed by atoms with Crippen molar-refractivity contribution in [1.29, 1.82) is 0 Å². The van der Waals surface area contributed by atoms with E-state index >= 15 is 0 Å². The summed E-state index contributed by atoms with van der Waals surface area (Å²) in [6, 6.07) is 2.29. The zero-order chi connectivity index (χ0) is 20.6. The first kappa shape index (κ1) is 22.8. The van der Waals surface area contributed by atoms with Crippen molar-refractivity contribution in [3.63, 3.8) is 0 Å². The minimum Gasteiger partial charge on any atom is -0.394 e. The summed E-state index contributed by atoms with van der Waals surface area (Å²) >= 11 is 11.4. The van der Waals surface area contributed by atoms with Crippen LogP contribution < -0.4 is 10.2 Å². The van der Waals surface area contributed by atoms with Crippen molar-refractivity contribution in [3.8, 4) is 0 Å². The Balaban J connectivity index is 3.47. The van der Waals surface area contributed by atoms with Gasteiger partial charge in [0.25, 0.3) is 5.91 Å². The fourth-order valence-corrected chi connectivity index (χ4v) is 2.71. The monoisotopic (exact) mass is 424 g/mol. The number of nitro groups is 2. The van der Waals surface area contributed by atoms with Crippen LogP contribution in [0.15, 0.2) is 12.1 Å². The van der Waals surface area contributed by atoms with Crippen molar-refractivity contribution in [2.75, 3.05) is 42.9 Å². The lowest BCUT2D eigenvalue weighted by molar-refractivity contribution is -0.422. The molecule has 0 aliphatic carbocycles. The second kappa shape index (κ2) is 10.8. The molecule has 1 unspecified atom stereocenters. The van der Waals surface area contributed by atoms with Gasteiger partial charge >= 0.3 is 11.4 Å². The molecule has 0 spiro atoms. The molecule has 1 aromatic rings. The zero-order valence-electron chi connectivity index (χ0n) is 14.0. The van der Waals surface area contributed by atoms with E-state index in [4.69, 9.17) is 28.3 Å². The number of benzene rings is 1. The maximum absolute atomic E-state index is 12.2. The molecule has 3 N–H and O–H groups in total. The number of aliphatic hydroxyl groups is 2. The molecule has 0 aromatic heterocycles. The van der Waals surface area contributed by atoms with Crippen LogP contribution in [0.3, 0.4) is 0 Å². The van der Waals surface area contributed by atoms with Gasteiger partial charge in [0.15, 0.2) is 0 Å². The van der Waals surface area contributed by atoms with Gasteiger partial charge in [-0.3, -0.25) is 25.0 Å². The highest BCUT2D eigenvalue weighted by atomic mass is 35.5. The largest absolute Gasteiger partial charge is 0.394 e. The van der Waals surface area contributed by atoms with Gasteiger partial charge in [0.05, 0.1) is 22.6 Å². The van der Waals surface area contributed by atoms with E-state index in [1.54, 1.807) is 0 Å². The molecule has 0 bridgehead atoms. The predicted octanol–water partition coefficient (Wildman–Crippen LogP) is 0.870. The van der Waals surface area contributed by atoms with Crippen LogP contribution in [0.25, 0.3) is 0 Å². The fourth-order valence-electron chi connectivity index (χ4n) is 2.30. The Morgan fingerprint density at radius 3 is 2.15 bits per heavy atom. The smallest absolute Gasteiger partial charge is 0.369 e. The first-order valence-electron chi connectivity index (χ1n) is 7.68. The van der Waals surface area contributed by atoms with Crippen LogP contribution in [0.1, 0.15) is 10.4 Å². The number of alkyl halides is 2. The first-order valence-corrected chi connectivity index (χ1v) is 8.75. The standard InChI is InChI=1S/C14H18Cl2N4O7/c15-3-5-18(6-4-16)11-2-1-10(14(23)17-7-9(22)8-21)12(19(24)25)13(11)20(26)27/h1-2,9,21-22H,3-8H2,(H,17,23). The van der Waals surface area contributed by atoms with E-state index in [2.05, 4.69) is 5.32 Å². The second-order valence-corrected chi connectivity index (χ2v) is 6.01. The molecule has 27 heavy (non-hydrogen) atoms. The summed E-state index contributed by atoms with van der Waals surface area (Å²) < 4.78 is 0. The summed E-state index contributed by atoms with van der Waals surface area (Å²) in [4.78, 5) is 34.7. The van der Waals surface area contributed by atoms with Gasteiger partial charge in [-0.25, -0.2) is 0 Å². The normalized spacial score (nSPS) is 11.7. The maximum Gasteiger partial charge on any atom is 0.369 e. The summed E-state index contributed by atoms with van der Waals surface area (Å²) in [6.07, 6.45) is -1.27. The number of aliphatic hydroxyl groups excluding tert-OH is 2. The Kier molecular flexibility index (Phi) is 9.15. The number of nitrogens with one attached hydrogen (secondary N) is 1. The summed E-state index contributed by atoms with van der Waals surface area (Å²) in [7, 11) is 0. The van der Waals surface area contributed by atoms with Crippen LogP contribution in [-0.4, -0.2) is 70.1 Å². The van der Waals surface area contributed by atoms with Crippen molar-refractivity contribution >= 4 is 46.2 Å². The highest BCUT2D eigenvalue weighted by Crippen LogP contribution is 2.39. The summed E-state index contributed by atoms with van der Waals surface area (Å²) in [5.41, 5.74) is -2.47. The molecule has 1 aromatic carbocycles. The molecule has 0 fully saturated rings. The van der Waals surface area contributed by atoms with Gasteiger partial charge in [0.2, 0.25) is 0 Å². The number of carbonyl (C=O) groups excluding carboxylic acids is 1. The zero-order valence-corrected chi connectivity index (χ0v) is 15.5. The number of anilines is 1. The van der Waals surface area contributed by atoms with Crippen LogP contribution in [-0.2, 0) is 0 Å². The van der Waals surface area contributed by atoms with E-state index in [1.807, 2.05) is 0 Å². The molecule has 0 heterocycles. The molecule has 0 aliphatic heterocycles. The topological polar surface area (TPSA) is 159 Å². The summed E-state index contributed by atoms with van der Waals surface area (Å²) in [5.74, 6) is -0.795. The van der Waals surface area contributed by atoms with Gasteiger partial charge in [0, 0.05) is 31.4 Å². The molecule has 1 rings (SSSR count). The average molecular weight is 425 g/mol. The van der Waals surface area contributed by atoms with Gasteiger partial charge in [-0.2, -0.15) is 0 Å². The molecule has 11 nitrogen and oxygen atoms in total. The van der Waals surface area contributed by atoms with Gasteiger partial charge in [-0.05, 0) is 12.1 Å². The molecule has 0 saturated heterocycles. The number of halogens is 2. The Morgan fingerprint density at radius 2 is 1.70 bits per heavy atom. The van der Waals surface area contributed by atoms with Crippen molar-refractivity contribution in [3.05, 3.63) is 37.9 Å². The predicted molar refractivity (Wildman–Crippen MR) is 98.8 cm³/mol. The number of carbonyl (C=O) groups is 1. The number of hydrogen-bond acceptors (Lipinski definition) is 8. The molecule has 13 heteroatoms. The molecule has 1 atom stereocenters. The lowest BCUT2D eigenvalue weighted by Gasteiger charge is -2.22. The quantitative estimate of drug-likeness (QED) is 0.268. The molecule has 0 saturated carbocycles. The number of rotatable bonds is 11. The van der Waals surface area contributed by atoms with Crippen LogP contribution in [0.4, 0.5) is 17.1 Å². The van der Waals surface area contributed by atoms with Crippen molar-refractivity contribution in [2.45, 2.75) is 6.10 Å². The van der Waals surface area contributed by atoms with Crippen molar-refractivity contribution in [2.24, 2.45) is 0 Å². The molecular formula is C14H18Cl2N4O7. The summed E-state index contributed by atoms with van der Waals surface area (Å²) in [6.45, 7) is -0.707. The van der Waals surface area contributed by atoms with E-state index in [0.717, 1.165) is 6.07 Å². The van der Waals surface area contributed by atoms with E-state index in [1.165, 1.54) is 11.0 Å².